The van der Waals surface area contributed by atoms with Crippen LogP contribution >= 0.6 is 0 Å². The number of aryl methyl sites for hydroxylation is 1. The Morgan fingerprint density at radius 3 is 2.52 bits per heavy atom. The standard InChI is InChI=1S/C12H19F3N2O3S/c1-4-5-16-7-10-6-11(9(2)20-10)21(18,19)17(3)8-12(13,14)15/h6,16H,4-5,7-8H2,1-3H3. The molecule has 0 radical (unpaired) electrons. The predicted molar refractivity (Wildman–Crippen MR) is 71.3 cm³/mol. The summed E-state index contributed by atoms with van der Waals surface area (Å²) in [5.74, 6) is 0.456. The van der Waals surface area contributed by atoms with Crippen molar-refractivity contribution in [2.24, 2.45) is 0 Å². The summed E-state index contributed by atoms with van der Waals surface area (Å²) in [7, 11) is -3.33. The van der Waals surface area contributed by atoms with Crippen molar-refractivity contribution in [3.63, 3.8) is 0 Å². The minimum atomic E-state index is -4.59. The molecule has 1 rings (SSSR count). The minimum Gasteiger partial charge on any atom is -0.464 e. The fraction of sp³-hybridized carbons (Fsp3) is 0.667. The second kappa shape index (κ2) is 6.80. The van der Waals surface area contributed by atoms with Crippen LogP contribution in [0.1, 0.15) is 24.9 Å². The molecular weight excluding hydrogens is 309 g/mol. The molecule has 0 aliphatic carbocycles. The summed E-state index contributed by atoms with van der Waals surface area (Å²) in [6, 6.07) is 1.26. The Balaban J connectivity index is 2.93. The van der Waals surface area contributed by atoms with Gasteiger partial charge in [-0.05, 0) is 19.9 Å². The van der Waals surface area contributed by atoms with E-state index in [0.29, 0.717) is 12.3 Å². The summed E-state index contributed by atoms with van der Waals surface area (Å²) >= 11 is 0. The van der Waals surface area contributed by atoms with E-state index in [1.165, 1.54) is 13.0 Å². The van der Waals surface area contributed by atoms with Gasteiger partial charge in [0.25, 0.3) is 0 Å². The van der Waals surface area contributed by atoms with Crippen LogP contribution in [0.3, 0.4) is 0 Å². The summed E-state index contributed by atoms with van der Waals surface area (Å²) in [4.78, 5) is -0.234. The lowest BCUT2D eigenvalue weighted by atomic mass is 10.4. The molecule has 1 aromatic heterocycles. The monoisotopic (exact) mass is 328 g/mol. The average molecular weight is 328 g/mol. The number of alkyl halides is 3. The highest BCUT2D eigenvalue weighted by molar-refractivity contribution is 7.89. The molecule has 0 spiro atoms. The molecule has 1 N–H and O–H groups in total. The van der Waals surface area contributed by atoms with Crippen LogP contribution < -0.4 is 5.32 Å². The van der Waals surface area contributed by atoms with Gasteiger partial charge in [0.05, 0.1) is 6.54 Å². The van der Waals surface area contributed by atoms with Crippen LogP contribution in [0.25, 0.3) is 0 Å². The SMILES string of the molecule is CCCNCc1cc(S(=O)(=O)N(C)CC(F)(F)F)c(C)o1. The minimum absolute atomic E-state index is 0.0809. The van der Waals surface area contributed by atoms with Gasteiger partial charge in [0.2, 0.25) is 10.0 Å². The number of halogens is 3. The molecule has 0 aliphatic heterocycles. The molecule has 0 fully saturated rings. The van der Waals surface area contributed by atoms with Crippen LogP contribution in [-0.2, 0) is 16.6 Å². The fourth-order valence-corrected chi connectivity index (χ4v) is 3.10. The molecule has 1 heterocycles. The molecule has 0 aliphatic rings. The van der Waals surface area contributed by atoms with E-state index in [-0.39, 0.29) is 15.0 Å². The highest BCUT2D eigenvalue weighted by Gasteiger charge is 2.36. The smallest absolute Gasteiger partial charge is 0.402 e. The van der Waals surface area contributed by atoms with Crippen LogP contribution in [0.5, 0.6) is 0 Å². The van der Waals surface area contributed by atoms with Crippen molar-refractivity contribution in [3.05, 3.63) is 17.6 Å². The summed E-state index contributed by atoms with van der Waals surface area (Å²) in [6.07, 6.45) is -3.69. The van der Waals surface area contributed by atoms with E-state index < -0.39 is 22.7 Å². The first-order valence-corrected chi connectivity index (χ1v) is 7.85. The summed E-state index contributed by atoms with van der Waals surface area (Å²) in [5, 5.41) is 3.03. The molecule has 0 unspecified atom stereocenters. The largest absolute Gasteiger partial charge is 0.464 e. The quantitative estimate of drug-likeness (QED) is 0.780. The van der Waals surface area contributed by atoms with Crippen molar-refractivity contribution < 1.29 is 26.0 Å². The van der Waals surface area contributed by atoms with Gasteiger partial charge in [-0.1, -0.05) is 6.92 Å². The van der Waals surface area contributed by atoms with Crippen LogP contribution in [0, 0.1) is 6.92 Å². The lowest BCUT2D eigenvalue weighted by Gasteiger charge is -2.18. The molecule has 21 heavy (non-hydrogen) atoms. The maximum Gasteiger partial charge on any atom is 0.402 e. The molecule has 0 aromatic carbocycles. The highest BCUT2D eigenvalue weighted by atomic mass is 32.2. The third kappa shape index (κ3) is 5.01. The fourth-order valence-electron chi connectivity index (χ4n) is 1.76. The number of furan rings is 1. The zero-order chi connectivity index (χ0) is 16.3. The van der Waals surface area contributed by atoms with Gasteiger partial charge in [-0.15, -0.1) is 0 Å². The zero-order valence-corrected chi connectivity index (χ0v) is 12.9. The van der Waals surface area contributed by atoms with Gasteiger partial charge < -0.3 is 9.73 Å². The first kappa shape index (κ1) is 18.0. The molecule has 0 saturated heterocycles. The van der Waals surface area contributed by atoms with Crippen molar-refractivity contribution in [2.45, 2.75) is 37.9 Å². The molecular formula is C12H19F3N2O3S. The Morgan fingerprint density at radius 2 is 2.00 bits per heavy atom. The Labute approximate surface area is 122 Å². The third-order valence-corrected chi connectivity index (χ3v) is 4.65. The van der Waals surface area contributed by atoms with E-state index in [9.17, 15) is 21.6 Å². The van der Waals surface area contributed by atoms with Crippen molar-refractivity contribution in [1.82, 2.24) is 9.62 Å². The highest BCUT2D eigenvalue weighted by Crippen LogP contribution is 2.25. The number of sulfonamides is 1. The number of hydrogen-bond donors (Lipinski definition) is 1. The third-order valence-electron chi connectivity index (χ3n) is 2.74. The molecule has 5 nitrogen and oxygen atoms in total. The first-order valence-electron chi connectivity index (χ1n) is 6.41. The zero-order valence-electron chi connectivity index (χ0n) is 12.1. The van der Waals surface area contributed by atoms with Gasteiger partial charge in [-0.3, -0.25) is 0 Å². The Kier molecular flexibility index (Phi) is 5.83. The van der Waals surface area contributed by atoms with Crippen LogP contribution in [-0.4, -0.2) is 39.0 Å². The predicted octanol–water partition coefficient (Wildman–Crippen LogP) is 2.27. The Bertz CT molecular complexity index is 567. The molecule has 0 amide bonds. The first-order chi connectivity index (χ1) is 9.58. The van der Waals surface area contributed by atoms with Gasteiger partial charge >= 0.3 is 6.18 Å². The van der Waals surface area contributed by atoms with Crippen LogP contribution in [0.15, 0.2) is 15.4 Å². The lowest BCUT2D eigenvalue weighted by Crippen LogP contribution is -2.35. The number of nitrogens with zero attached hydrogens (tertiary/aromatic N) is 1. The topological polar surface area (TPSA) is 62.6 Å². The maximum atomic E-state index is 12.3. The maximum absolute atomic E-state index is 12.3. The van der Waals surface area contributed by atoms with E-state index in [0.717, 1.165) is 20.0 Å². The van der Waals surface area contributed by atoms with Crippen molar-refractivity contribution in [3.8, 4) is 0 Å². The average Bonchev–Trinajstić information content (AvgIpc) is 2.69. The van der Waals surface area contributed by atoms with E-state index >= 15 is 0 Å². The van der Waals surface area contributed by atoms with Crippen molar-refractivity contribution in [2.75, 3.05) is 20.1 Å². The van der Waals surface area contributed by atoms with Crippen molar-refractivity contribution >= 4 is 10.0 Å². The van der Waals surface area contributed by atoms with Gasteiger partial charge in [0.1, 0.15) is 23.0 Å². The molecule has 0 atom stereocenters. The summed E-state index contributed by atoms with van der Waals surface area (Å²) in [5.41, 5.74) is 0. The molecule has 0 bridgehead atoms. The van der Waals surface area contributed by atoms with E-state index in [4.69, 9.17) is 4.42 Å². The van der Waals surface area contributed by atoms with Gasteiger partial charge in [0, 0.05) is 13.1 Å². The lowest BCUT2D eigenvalue weighted by molar-refractivity contribution is -0.134. The van der Waals surface area contributed by atoms with E-state index in [1.54, 1.807) is 0 Å². The van der Waals surface area contributed by atoms with Gasteiger partial charge in [-0.25, -0.2) is 8.42 Å². The van der Waals surface area contributed by atoms with Crippen LogP contribution in [0.2, 0.25) is 0 Å². The molecule has 1 aromatic rings. The molecule has 9 heteroatoms. The van der Waals surface area contributed by atoms with Crippen LogP contribution in [0.4, 0.5) is 13.2 Å². The van der Waals surface area contributed by atoms with E-state index in [1.807, 2.05) is 6.92 Å². The van der Waals surface area contributed by atoms with Gasteiger partial charge in [-0.2, -0.15) is 17.5 Å². The second-order valence-corrected chi connectivity index (χ2v) is 6.70. The summed E-state index contributed by atoms with van der Waals surface area (Å²) in [6.45, 7) is 2.91. The Hall–Kier alpha value is -1.06. The number of rotatable bonds is 7. The second-order valence-electron chi connectivity index (χ2n) is 4.69. The van der Waals surface area contributed by atoms with Gasteiger partial charge in [0.15, 0.2) is 0 Å². The molecule has 122 valence electrons. The molecule has 0 saturated carbocycles. The normalized spacial score (nSPS) is 13.1. The van der Waals surface area contributed by atoms with E-state index in [2.05, 4.69) is 5.32 Å². The number of nitrogens with one attached hydrogen (secondary N) is 1. The van der Waals surface area contributed by atoms with Crippen molar-refractivity contribution in [1.29, 1.82) is 0 Å². The summed E-state index contributed by atoms with van der Waals surface area (Å²) < 4.78 is 66.8. The number of hydrogen-bond acceptors (Lipinski definition) is 4. The Morgan fingerprint density at radius 1 is 1.38 bits per heavy atom.